The zero-order valence-electron chi connectivity index (χ0n) is 9.26. The summed E-state index contributed by atoms with van der Waals surface area (Å²) in [7, 11) is 0. The van der Waals surface area contributed by atoms with Crippen molar-refractivity contribution in [3.63, 3.8) is 0 Å². The summed E-state index contributed by atoms with van der Waals surface area (Å²) in [5.41, 5.74) is 0. The quantitative estimate of drug-likeness (QED) is 0.588. The molecule has 1 rings (SSSR count). The SMILES string of the molecule is CCC(=O)CCCCCC1CCCO1. The van der Waals surface area contributed by atoms with Crippen LogP contribution in [-0.4, -0.2) is 18.5 Å². The molecule has 1 aliphatic rings. The van der Waals surface area contributed by atoms with E-state index >= 15 is 0 Å². The van der Waals surface area contributed by atoms with Crippen molar-refractivity contribution in [2.45, 2.75) is 64.4 Å². The van der Waals surface area contributed by atoms with Crippen LogP contribution in [0.4, 0.5) is 0 Å². The molecule has 0 amide bonds. The Morgan fingerprint density at radius 2 is 2.21 bits per heavy atom. The molecule has 0 bridgehead atoms. The maximum absolute atomic E-state index is 11.0. The molecule has 0 aromatic heterocycles. The lowest BCUT2D eigenvalue weighted by atomic mass is 10.1. The van der Waals surface area contributed by atoms with Crippen LogP contribution in [0.1, 0.15) is 58.3 Å². The van der Waals surface area contributed by atoms with Crippen LogP contribution in [0.25, 0.3) is 0 Å². The lowest BCUT2D eigenvalue weighted by Gasteiger charge is -2.07. The van der Waals surface area contributed by atoms with Gasteiger partial charge in [0.25, 0.3) is 0 Å². The maximum atomic E-state index is 11.0. The molecule has 1 unspecified atom stereocenters. The van der Waals surface area contributed by atoms with Gasteiger partial charge in [0.05, 0.1) is 6.10 Å². The number of carbonyl (C=O) groups is 1. The van der Waals surface area contributed by atoms with Crippen LogP contribution in [0.5, 0.6) is 0 Å². The van der Waals surface area contributed by atoms with Crippen molar-refractivity contribution >= 4 is 5.78 Å². The van der Waals surface area contributed by atoms with Gasteiger partial charge in [0.15, 0.2) is 0 Å². The number of ether oxygens (including phenoxy) is 1. The van der Waals surface area contributed by atoms with Crippen molar-refractivity contribution in [1.29, 1.82) is 0 Å². The molecule has 1 aliphatic heterocycles. The van der Waals surface area contributed by atoms with Crippen molar-refractivity contribution in [1.82, 2.24) is 0 Å². The van der Waals surface area contributed by atoms with Crippen LogP contribution in [0.3, 0.4) is 0 Å². The van der Waals surface area contributed by atoms with E-state index in [2.05, 4.69) is 0 Å². The van der Waals surface area contributed by atoms with Gasteiger partial charge in [0.2, 0.25) is 0 Å². The number of hydrogen-bond donors (Lipinski definition) is 0. The van der Waals surface area contributed by atoms with Crippen LogP contribution in [0, 0.1) is 0 Å². The average Bonchev–Trinajstić information content (AvgIpc) is 2.69. The van der Waals surface area contributed by atoms with Gasteiger partial charge in [0, 0.05) is 19.4 Å². The first kappa shape index (κ1) is 11.7. The van der Waals surface area contributed by atoms with E-state index in [1.807, 2.05) is 6.92 Å². The molecule has 0 radical (unpaired) electrons. The molecule has 0 spiro atoms. The fraction of sp³-hybridized carbons (Fsp3) is 0.917. The highest BCUT2D eigenvalue weighted by atomic mass is 16.5. The van der Waals surface area contributed by atoms with Gasteiger partial charge in [-0.3, -0.25) is 4.79 Å². The van der Waals surface area contributed by atoms with E-state index in [1.165, 1.54) is 32.1 Å². The second-order valence-corrected chi connectivity index (χ2v) is 4.13. The van der Waals surface area contributed by atoms with E-state index in [1.54, 1.807) is 0 Å². The summed E-state index contributed by atoms with van der Waals surface area (Å²) in [5, 5.41) is 0. The molecule has 1 atom stereocenters. The molecule has 0 aromatic carbocycles. The Bertz CT molecular complexity index is 160. The minimum Gasteiger partial charge on any atom is -0.378 e. The standard InChI is InChI=1S/C12H22O2/c1-2-11(13)7-4-3-5-8-12-9-6-10-14-12/h12H,2-10H2,1H3. The first-order valence-corrected chi connectivity index (χ1v) is 5.96. The number of unbranched alkanes of at least 4 members (excludes halogenated alkanes) is 2. The van der Waals surface area contributed by atoms with Gasteiger partial charge >= 0.3 is 0 Å². The minimum atomic E-state index is 0.405. The van der Waals surface area contributed by atoms with Crippen molar-refractivity contribution in [3.8, 4) is 0 Å². The highest BCUT2D eigenvalue weighted by Gasteiger charge is 2.14. The Morgan fingerprint density at radius 1 is 1.36 bits per heavy atom. The smallest absolute Gasteiger partial charge is 0.132 e. The Kier molecular flexibility index (Phi) is 5.85. The molecular weight excluding hydrogens is 176 g/mol. The van der Waals surface area contributed by atoms with E-state index in [0.717, 1.165) is 19.4 Å². The van der Waals surface area contributed by atoms with E-state index < -0.39 is 0 Å². The number of Topliss-reactive ketones (excluding diaryl/α,β-unsaturated/α-hetero) is 1. The predicted molar refractivity (Wildman–Crippen MR) is 57.4 cm³/mol. The van der Waals surface area contributed by atoms with Crippen molar-refractivity contribution in [3.05, 3.63) is 0 Å². The third-order valence-electron chi connectivity index (χ3n) is 2.90. The third-order valence-corrected chi connectivity index (χ3v) is 2.90. The largest absolute Gasteiger partial charge is 0.378 e. The Balaban J connectivity index is 1.86. The summed E-state index contributed by atoms with van der Waals surface area (Å²) in [6.45, 7) is 2.90. The molecule has 0 aliphatic carbocycles. The first-order chi connectivity index (χ1) is 6.83. The second-order valence-electron chi connectivity index (χ2n) is 4.13. The Labute approximate surface area is 87.0 Å². The zero-order valence-corrected chi connectivity index (χ0v) is 9.26. The molecule has 2 nitrogen and oxygen atoms in total. The van der Waals surface area contributed by atoms with Crippen LogP contribution in [0.2, 0.25) is 0 Å². The number of ketones is 1. The summed E-state index contributed by atoms with van der Waals surface area (Å²) in [4.78, 5) is 11.0. The Morgan fingerprint density at radius 3 is 2.86 bits per heavy atom. The Hall–Kier alpha value is -0.370. The van der Waals surface area contributed by atoms with Crippen LogP contribution < -0.4 is 0 Å². The van der Waals surface area contributed by atoms with E-state index in [9.17, 15) is 4.79 Å². The van der Waals surface area contributed by atoms with Crippen LogP contribution >= 0.6 is 0 Å². The van der Waals surface area contributed by atoms with E-state index in [-0.39, 0.29) is 0 Å². The molecule has 2 heteroatoms. The molecule has 14 heavy (non-hydrogen) atoms. The third kappa shape index (κ3) is 4.75. The topological polar surface area (TPSA) is 26.3 Å². The predicted octanol–water partition coefficient (Wildman–Crippen LogP) is 3.10. The fourth-order valence-corrected chi connectivity index (χ4v) is 1.92. The molecule has 1 fully saturated rings. The molecule has 0 aromatic rings. The van der Waals surface area contributed by atoms with Crippen molar-refractivity contribution in [2.24, 2.45) is 0 Å². The summed E-state index contributed by atoms with van der Waals surface area (Å²) in [5.74, 6) is 0.405. The van der Waals surface area contributed by atoms with E-state index in [4.69, 9.17) is 4.74 Å². The lowest BCUT2D eigenvalue weighted by molar-refractivity contribution is -0.118. The average molecular weight is 198 g/mol. The van der Waals surface area contributed by atoms with Crippen molar-refractivity contribution < 1.29 is 9.53 Å². The highest BCUT2D eigenvalue weighted by Crippen LogP contribution is 2.18. The number of rotatable bonds is 7. The maximum Gasteiger partial charge on any atom is 0.132 e. The summed E-state index contributed by atoms with van der Waals surface area (Å²) in [6, 6.07) is 0. The summed E-state index contributed by atoms with van der Waals surface area (Å²) in [6.07, 6.45) is 9.16. The van der Waals surface area contributed by atoms with Crippen molar-refractivity contribution in [2.75, 3.05) is 6.61 Å². The van der Waals surface area contributed by atoms with Gasteiger partial charge in [-0.25, -0.2) is 0 Å². The second kappa shape index (κ2) is 6.99. The molecule has 1 heterocycles. The molecular formula is C12H22O2. The monoisotopic (exact) mass is 198 g/mol. The first-order valence-electron chi connectivity index (χ1n) is 5.96. The number of carbonyl (C=O) groups excluding carboxylic acids is 1. The molecule has 0 N–H and O–H groups in total. The highest BCUT2D eigenvalue weighted by molar-refractivity contribution is 5.77. The summed E-state index contributed by atoms with van der Waals surface area (Å²) < 4.78 is 5.53. The minimum absolute atomic E-state index is 0.405. The summed E-state index contributed by atoms with van der Waals surface area (Å²) >= 11 is 0. The molecule has 1 saturated heterocycles. The number of hydrogen-bond acceptors (Lipinski definition) is 2. The van der Waals surface area contributed by atoms with Gasteiger partial charge in [-0.1, -0.05) is 19.8 Å². The van der Waals surface area contributed by atoms with Gasteiger partial charge in [-0.05, 0) is 25.7 Å². The van der Waals surface area contributed by atoms with Gasteiger partial charge in [0.1, 0.15) is 5.78 Å². The van der Waals surface area contributed by atoms with Gasteiger partial charge in [-0.15, -0.1) is 0 Å². The van der Waals surface area contributed by atoms with E-state index in [0.29, 0.717) is 18.3 Å². The van der Waals surface area contributed by atoms with Crippen LogP contribution in [0.15, 0.2) is 0 Å². The zero-order chi connectivity index (χ0) is 10.2. The fourth-order valence-electron chi connectivity index (χ4n) is 1.92. The van der Waals surface area contributed by atoms with Gasteiger partial charge in [-0.2, -0.15) is 0 Å². The molecule has 82 valence electrons. The molecule has 0 saturated carbocycles. The van der Waals surface area contributed by atoms with Gasteiger partial charge < -0.3 is 4.74 Å². The lowest BCUT2D eigenvalue weighted by Crippen LogP contribution is -2.04. The normalized spacial score (nSPS) is 21.4. The van der Waals surface area contributed by atoms with Crippen LogP contribution in [-0.2, 0) is 9.53 Å².